The minimum Gasteiger partial charge on any atom is -0.495 e. The molecule has 0 N–H and O–H groups in total. The summed E-state index contributed by atoms with van der Waals surface area (Å²) in [5, 5.41) is 0. The summed E-state index contributed by atoms with van der Waals surface area (Å²) in [6.45, 7) is 2.09. The number of aryl methyl sites for hydroxylation is 1. The number of benzene rings is 3. The fourth-order valence-corrected chi connectivity index (χ4v) is 3.32. The molecule has 0 saturated carbocycles. The van der Waals surface area contributed by atoms with E-state index in [0.717, 1.165) is 17.9 Å². The summed E-state index contributed by atoms with van der Waals surface area (Å²) >= 11 is 0. The average Bonchev–Trinajstić information content (AvgIpc) is 2.60. The summed E-state index contributed by atoms with van der Waals surface area (Å²) in [4.78, 5) is 2.31. The summed E-state index contributed by atoms with van der Waals surface area (Å²) < 4.78 is 5.67. The standard InChI is InChI=1S/C21H19NO/c1-15-11-12-20(21(13-15)23-2)22-18-9-5-3-7-16(18)14-17-8-4-6-10-19(17)22/h3-13H,14H2,1-2H3. The van der Waals surface area contributed by atoms with Crippen molar-refractivity contribution in [2.75, 3.05) is 12.0 Å². The highest BCUT2D eigenvalue weighted by atomic mass is 16.5. The molecule has 0 unspecified atom stereocenters. The maximum Gasteiger partial charge on any atom is 0.143 e. The van der Waals surface area contributed by atoms with Gasteiger partial charge in [0.1, 0.15) is 5.75 Å². The molecule has 0 spiro atoms. The molecule has 0 bridgehead atoms. The Hall–Kier alpha value is -2.74. The third kappa shape index (κ3) is 2.27. The topological polar surface area (TPSA) is 12.5 Å². The van der Waals surface area contributed by atoms with Crippen LogP contribution in [-0.4, -0.2) is 7.11 Å². The normalized spacial score (nSPS) is 12.5. The second-order valence-corrected chi connectivity index (χ2v) is 5.94. The van der Waals surface area contributed by atoms with Gasteiger partial charge in [0.05, 0.1) is 12.8 Å². The van der Waals surface area contributed by atoms with Gasteiger partial charge in [-0.05, 0) is 47.9 Å². The highest BCUT2D eigenvalue weighted by Crippen LogP contribution is 2.46. The lowest BCUT2D eigenvalue weighted by molar-refractivity contribution is 0.415. The van der Waals surface area contributed by atoms with Crippen molar-refractivity contribution in [3.63, 3.8) is 0 Å². The van der Waals surface area contributed by atoms with Crippen LogP contribution in [0, 0.1) is 6.92 Å². The van der Waals surface area contributed by atoms with E-state index in [9.17, 15) is 0 Å². The summed E-state index contributed by atoms with van der Waals surface area (Å²) in [5.74, 6) is 0.900. The van der Waals surface area contributed by atoms with E-state index in [4.69, 9.17) is 4.74 Å². The molecule has 114 valence electrons. The van der Waals surface area contributed by atoms with Gasteiger partial charge in [0.25, 0.3) is 0 Å². The molecule has 0 aliphatic carbocycles. The van der Waals surface area contributed by atoms with Crippen LogP contribution in [0.25, 0.3) is 0 Å². The molecule has 0 atom stereocenters. The zero-order chi connectivity index (χ0) is 15.8. The van der Waals surface area contributed by atoms with Gasteiger partial charge in [-0.25, -0.2) is 0 Å². The van der Waals surface area contributed by atoms with Crippen LogP contribution in [0.5, 0.6) is 5.75 Å². The monoisotopic (exact) mass is 301 g/mol. The van der Waals surface area contributed by atoms with Crippen LogP contribution in [0.4, 0.5) is 17.1 Å². The number of ether oxygens (including phenoxy) is 1. The van der Waals surface area contributed by atoms with Gasteiger partial charge >= 0.3 is 0 Å². The Bertz CT molecular complexity index is 824. The number of fused-ring (bicyclic) bond motifs is 2. The summed E-state index contributed by atoms with van der Waals surface area (Å²) in [6.07, 6.45) is 0.969. The molecule has 0 saturated heterocycles. The Morgan fingerprint density at radius 1 is 0.783 bits per heavy atom. The van der Waals surface area contributed by atoms with Gasteiger partial charge in [-0.2, -0.15) is 0 Å². The predicted molar refractivity (Wildman–Crippen MR) is 95.2 cm³/mol. The largest absolute Gasteiger partial charge is 0.495 e. The number of methoxy groups -OCH3 is 1. The summed E-state index contributed by atoms with van der Waals surface area (Å²) in [7, 11) is 1.74. The van der Waals surface area contributed by atoms with Crippen LogP contribution in [-0.2, 0) is 6.42 Å². The highest BCUT2D eigenvalue weighted by Gasteiger charge is 2.25. The van der Waals surface area contributed by atoms with Crippen LogP contribution >= 0.6 is 0 Å². The van der Waals surface area contributed by atoms with Crippen molar-refractivity contribution in [1.82, 2.24) is 0 Å². The van der Waals surface area contributed by atoms with E-state index >= 15 is 0 Å². The van der Waals surface area contributed by atoms with Crippen molar-refractivity contribution in [3.8, 4) is 5.75 Å². The number of rotatable bonds is 2. The molecule has 0 fully saturated rings. The van der Waals surface area contributed by atoms with E-state index < -0.39 is 0 Å². The van der Waals surface area contributed by atoms with Crippen LogP contribution in [0.1, 0.15) is 16.7 Å². The van der Waals surface area contributed by atoms with Gasteiger partial charge in [0, 0.05) is 17.8 Å². The van der Waals surface area contributed by atoms with Gasteiger partial charge in [0.2, 0.25) is 0 Å². The van der Waals surface area contributed by atoms with Crippen molar-refractivity contribution >= 4 is 17.1 Å². The highest BCUT2D eigenvalue weighted by molar-refractivity contribution is 5.85. The summed E-state index contributed by atoms with van der Waals surface area (Å²) in [5.41, 5.74) is 7.42. The quantitative estimate of drug-likeness (QED) is 0.493. The van der Waals surface area contributed by atoms with Gasteiger partial charge < -0.3 is 9.64 Å². The second-order valence-electron chi connectivity index (χ2n) is 5.94. The predicted octanol–water partition coefficient (Wildman–Crippen LogP) is 5.38. The van der Waals surface area contributed by atoms with E-state index in [1.54, 1.807) is 7.11 Å². The Balaban J connectivity index is 1.98. The van der Waals surface area contributed by atoms with E-state index in [1.807, 2.05) is 0 Å². The fraction of sp³-hybridized carbons (Fsp3) is 0.143. The van der Waals surface area contributed by atoms with Gasteiger partial charge in [-0.3, -0.25) is 0 Å². The lowest BCUT2D eigenvalue weighted by Crippen LogP contribution is -2.19. The van der Waals surface area contributed by atoms with Gasteiger partial charge in [-0.15, -0.1) is 0 Å². The molecule has 1 heterocycles. The zero-order valence-electron chi connectivity index (χ0n) is 13.4. The van der Waals surface area contributed by atoms with Crippen LogP contribution in [0.3, 0.4) is 0 Å². The Labute approximate surface area is 137 Å². The number of hydrogen-bond acceptors (Lipinski definition) is 2. The van der Waals surface area contributed by atoms with Crippen LogP contribution < -0.4 is 9.64 Å². The molecule has 0 amide bonds. The average molecular weight is 301 g/mol. The number of hydrogen-bond donors (Lipinski definition) is 0. The van der Waals surface area contributed by atoms with Crippen LogP contribution in [0.15, 0.2) is 66.7 Å². The van der Waals surface area contributed by atoms with E-state index in [0.29, 0.717) is 0 Å². The van der Waals surface area contributed by atoms with E-state index in [-0.39, 0.29) is 0 Å². The molecular weight excluding hydrogens is 282 g/mol. The van der Waals surface area contributed by atoms with Crippen molar-refractivity contribution in [2.24, 2.45) is 0 Å². The van der Waals surface area contributed by atoms with Gasteiger partial charge in [-0.1, -0.05) is 42.5 Å². The molecule has 4 rings (SSSR count). The Morgan fingerprint density at radius 2 is 1.39 bits per heavy atom. The minimum atomic E-state index is 0.900. The second kappa shape index (κ2) is 5.47. The first-order chi connectivity index (χ1) is 11.3. The first-order valence-electron chi connectivity index (χ1n) is 7.88. The Kier molecular flexibility index (Phi) is 3.30. The molecule has 1 aliphatic heterocycles. The van der Waals surface area contributed by atoms with Crippen molar-refractivity contribution in [3.05, 3.63) is 83.4 Å². The van der Waals surface area contributed by atoms with Crippen LogP contribution in [0.2, 0.25) is 0 Å². The maximum absolute atomic E-state index is 5.67. The first kappa shape index (κ1) is 13.9. The van der Waals surface area contributed by atoms with Crippen molar-refractivity contribution < 1.29 is 4.74 Å². The molecule has 23 heavy (non-hydrogen) atoms. The third-order valence-corrected chi connectivity index (χ3v) is 4.42. The smallest absolute Gasteiger partial charge is 0.143 e. The molecule has 1 aliphatic rings. The Morgan fingerprint density at radius 3 is 2.00 bits per heavy atom. The van der Waals surface area contributed by atoms with E-state index in [1.165, 1.54) is 28.1 Å². The number of nitrogens with zero attached hydrogens (tertiary/aromatic N) is 1. The molecule has 0 radical (unpaired) electrons. The van der Waals surface area contributed by atoms with Crippen molar-refractivity contribution in [2.45, 2.75) is 13.3 Å². The molecule has 0 aromatic heterocycles. The first-order valence-corrected chi connectivity index (χ1v) is 7.88. The molecule has 3 aromatic carbocycles. The maximum atomic E-state index is 5.67. The number of para-hydroxylation sites is 2. The SMILES string of the molecule is COc1cc(C)ccc1N1c2ccccc2Cc2ccccc21. The lowest BCUT2D eigenvalue weighted by atomic mass is 9.95. The molecule has 2 heteroatoms. The minimum absolute atomic E-state index is 0.900. The number of anilines is 3. The summed E-state index contributed by atoms with van der Waals surface area (Å²) in [6, 6.07) is 23.6. The fourth-order valence-electron chi connectivity index (χ4n) is 3.32. The molecule has 2 nitrogen and oxygen atoms in total. The zero-order valence-corrected chi connectivity index (χ0v) is 13.4. The lowest BCUT2D eigenvalue weighted by Gasteiger charge is -2.34. The molecular formula is C21H19NO. The third-order valence-electron chi connectivity index (χ3n) is 4.42. The molecule has 3 aromatic rings. The van der Waals surface area contributed by atoms with E-state index in [2.05, 4.69) is 78.6 Å². The van der Waals surface area contributed by atoms with Crippen molar-refractivity contribution in [1.29, 1.82) is 0 Å². The van der Waals surface area contributed by atoms with Gasteiger partial charge in [0.15, 0.2) is 0 Å².